The highest BCUT2D eigenvalue weighted by Crippen LogP contribution is 2.39. The van der Waals surface area contributed by atoms with E-state index in [1.165, 1.54) is 6.33 Å². The number of pyridine rings is 1. The molecule has 0 bridgehead atoms. The van der Waals surface area contributed by atoms with Crippen LogP contribution in [0.3, 0.4) is 0 Å². The molecule has 0 aromatic carbocycles. The second kappa shape index (κ2) is 8.89. The van der Waals surface area contributed by atoms with Gasteiger partial charge >= 0.3 is 0 Å². The number of nitrogens with one attached hydrogen (secondary N) is 2. The van der Waals surface area contributed by atoms with Crippen molar-refractivity contribution in [3.63, 3.8) is 0 Å². The van der Waals surface area contributed by atoms with Crippen LogP contribution in [0.25, 0.3) is 0 Å². The molecule has 1 saturated heterocycles. The third-order valence-electron chi connectivity index (χ3n) is 5.90. The molecule has 5 rings (SSSR count). The minimum atomic E-state index is -0.471. The molecule has 2 fully saturated rings. The van der Waals surface area contributed by atoms with Crippen LogP contribution in [0.4, 0.5) is 17.2 Å². The smallest absolute Gasteiger partial charge is 0.278 e. The van der Waals surface area contributed by atoms with Gasteiger partial charge in [0.15, 0.2) is 17.2 Å². The van der Waals surface area contributed by atoms with E-state index in [-0.39, 0.29) is 29.2 Å². The number of carbonyl (C=O) groups excluding carboxylic acids is 2. The summed E-state index contributed by atoms with van der Waals surface area (Å²) in [6, 6.07) is 3.51. The van der Waals surface area contributed by atoms with Crippen molar-refractivity contribution < 1.29 is 9.59 Å². The molecular formula is C23H24N8O2. The lowest BCUT2D eigenvalue weighted by Gasteiger charge is -2.22. The third-order valence-corrected chi connectivity index (χ3v) is 5.90. The molecule has 1 unspecified atom stereocenters. The van der Waals surface area contributed by atoms with Crippen molar-refractivity contribution in [1.29, 1.82) is 0 Å². The molecule has 2 amide bonds. The van der Waals surface area contributed by atoms with Crippen molar-refractivity contribution in [2.45, 2.75) is 44.6 Å². The van der Waals surface area contributed by atoms with Gasteiger partial charge in [-0.25, -0.2) is 24.9 Å². The van der Waals surface area contributed by atoms with E-state index < -0.39 is 5.91 Å². The molecule has 10 nitrogen and oxygen atoms in total. The van der Waals surface area contributed by atoms with Gasteiger partial charge in [-0.3, -0.25) is 9.59 Å². The fraction of sp³-hybridized carbons (Fsp3) is 0.348. The van der Waals surface area contributed by atoms with E-state index in [1.807, 2.05) is 6.92 Å². The molecule has 2 N–H and O–H groups in total. The predicted octanol–water partition coefficient (Wildman–Crippen LogP) is 3.16. The van der Waals surface area contributed by atoms with Gasteiger partial charge in [-0.15, -0.1) is 0 Å². The van der Waals surface area contributed by atoms with Crippen LogP contribution < -0.4 is 10.6 Å². The Morgan fingerprint density at radius 3 is 2.61 bits per heavy atom. The first-order valence-corrected chi connectivity index (χ1v) is 11.1. The number of likely N-dealkylation sites (tertiary alicyclic amines) is 1. The molecule has 1 saturated carbocycles. The maximum absolute atomic E-state index is 13.3. The van der Waals surface area contributed by atoms with E-state index in [4.69, 9.17) is 0 Å². The number of amides is 2. The molecule has 0 radical (unpaired) electrons. The topological polar surface area (TPSA) is 126 Å². The van der Waals surface area contributed by atoms with E-state index >= 15 is 0 Å². The molecular weight excluding hydrogens is 420 g/mol. The zero-order valence-corrected chi connectivity index (χ0v) is 18.2. The largest absolute Gasteiger partial charge is 0.336 e. The van der Waals surface area contributed by atoms with Crippen LogP contribution >= 0.6 is 0 Å². The fourth-order valence-corrected chi connectivity index (χ4v) is 3.96. The van der Waals surface area contributed by atoms with Crippen LogP contribution in [0.5, 0.6) is 0 Å². The highest BCUT2D eigenvalue weighted by Gasteiger charge is 2.30. The van der Waals surface area contributed by atoms with Gasteiger partial charge in [0.2, 0.25) is 0 Å². The first kappa shape index (κ1) is 20.9. The quantitative estimate of drug-likeness (QED) is 0.594. The molecule has 3 aromatic heterocycles. The van der Waals surface area contributed by atoms with Gasteiger partial charge < -0.3 is 15.5 Å². The first-order valence-electron chi connectivity index (χ1n) is 11.1. The lowest BCUT2D eigenvalue weighted by molar-refractivity contribution is 0.0742. The standard InChI is InChI=1S/C23H24N8O2/c1-14-4-3-9-31(14)23(33)19-17(5-2-8-26-19)30-22(32)20-21(28-16-10-24-13-25-11-16)27-12-18(29-20)15-6-7-15/h2,5,8,10-15H,3-4,6-7,9H2,1H3,(H,27,28)(H,30,32). The Kier molecular flexibility index (Phi) is 5.64. The molecule has 168 valence electrons. The van der Waals surface area contributed by atoms with E-state index in [1.54, 1.807) is 41.8 Å². The highest BCUT2D eigenvalue weighted by molar-refractivity contribution is 6.09. The Hall–Kier alpha value is -3.95. The highest BCUT2D eigenvalue weighted by atomic mass is 16.2. The van der Waals surface area contributed by atoms with Crippen molar-refractivity contribution in [2.24, 2.45) is 0 Å². The maximum Gasteiger partial charge on any atom is 0.278 e. The number of hydrogen-bond acceptors (Lipinski definition) is 8. The zero-order chi connectivity index (χ0) is 22.8. The summed E-state index contributed by atoms with van der Waals surface area (Å²) in [5.41, 5.74) is 2.07. The molecule has 2 aliphatic rings. The Labute approximate surface area is 190 Å². The minimum absolute atomic E-state index is 0.139. The van der Waals surface area contributed by atoms with Crippen LogP contribution in [0, 0.1) is 0 Å². The average Bonchev–Trinajstić information content (AvgIpc) is 3.60. The number of hydrogen-bond donors (Lipinski definition) is 2. The third kappa shape index (κ3) is 4.50. The summed E-state index contributed by atoms with van der Waals surface area (Å²) in [4.78, 5) is 49.5. The summed E-state index contributed by atoms with van der Waals surface area (Å²) in [7, 11) is 0. The zero-order valence-electron chi connectivity index (χ0n) is 18.2. The summed E-state index contributed by atoms with van der Waals surface area (Å²) in [6.07, 6.45) is 11.8. The van der Waals surface area contributed by atoms with Gasteiger partial charge in [-0.05, 0) is 44.7 Å². The molecule has 3 aromatic rings. The van der Waals surface area contributed by atoms with Crippen molar-refractivity contribution >= 4 is 29.0 Å². The molecule has 1 aliphatic carbocycles. The van der Waals surface area contributed by atoms with E-state index in [2.05, 4.69) is 35.6 Å². The Bertz CT molecular complexity index is 1180. The Morgan fingerprint density at radius 2 is 1.88 bits per heavy atom. The summed E-state index contributed by atoms with van der Waals surface area (Å²) in [5.74, 6) is -0.0451. The van der Waals surface area contributed by atoms with Crippen LogP contribution in [-0.4, -0.2) is 54.2 Å². The van der Waals surface area contributed by atoms with Gasteiger partial charge in [0.05, 0.1) is 35.7 Å². The Morgan fingerprint density at radius 1 is 1.06 bits per heavy atom. The number of anilines is 3. The second-order valence-electron chi connectivity index (χ2n) is 8.36. The van der Waals surface area contributed by atoms with Crippen molar-refractivity contribution in [2.75, 3.05) is 17.2 Å². The molecule has 1 atom stereocenters. The van der Waals surface area contributed by atoms with Gasteiger partial charge in [0.1, 0.15) is 6.33 Å². The summed E-state index contributed by atoms with van der Waals surface area (Å²) < 4.78 is 0. The summed E-state index contributed by atoms with van der Waals surface area (Å²) in [5, 5.41) is 5.90. The second-order valence-corrected chi connectivity index (χ2v) is 8.36. The normalized spacial score (nSPS) is 17.6. The predicted molar refractivity (Wildman–Crippen MR) is 121 cm³/mol. The van der Waals surface area contributed by atoms with Gasteiger partial charge in [0.25, 0.3) is 11.8 Å². The fourth-order valence-electron chi connectivity index (χ4n) is 3.96. The lowest BCUT2D eigenvalue weighted by Crippen LogP contribution is -2.35. The average molecular weight is 444 g/mol. The van der Waals surface area contributed by atoms with Crippen molar-refractivity contribution in [3.8, 4) is 0 Å². The molecule has 1 aliphatic heterocycles. The number of rotatable bonds is 6. The molecule has 4 heterocycles. The van der Waals surface area contributed by atoms with Crippen molar-refractivity contribution in [3.05, 3.63) is 60.3 Å². The maximum atomic E-state index is 13.3. The van der Waals surface area contributed by atoms with Crippen molar-refractivity contribution in [1.82, 2.24) is 29.8 Å². The first-order chi connectivity index (χ1) is 16.1. The van der Waals surface area contributed by atoms with E-state index in [9.17, 15) is 9.59 Å². The molecule has 10 heteroatoms. The number of carbonyl (C=O) groups is 2. The van der Waals surface area contributed by atoms with Gasteiger partial charge in [-0.2, -0.15) is 0 Å². The van der Waals surface area contributed by atoms with Crippen LogP contribution in [0.1, 0.15) is 65.2 Å². The summed E-state index contributed by atoms with van der Waals surface area (Å²) in [6.45, 7) is 2.71. The van der Waals surface area contributed by atoms with Gasteiger partial charge in [-0.1, -0.05) is 0 Å². The summed E-state index contributed by atoms with van der Waals surface area (Å²) >= 11 is 0. The van der Waals surface area contributed by atoms with Gasteiger partial charge in [0, 0.05) is 24.7 Å². The lowest BCUT2D eigenvalue weighted by atomic mass is 10.2. The van der Waals surface area contributed by atoms with Crippen LogP contribution in [0.2, 0.25) is 0 Å². The van der Waals surface area contributed by atoms with Crippen LogP contribution in [0.15, 0.2) is 43.2 Å². The minimum Gasteiger partial charge on any atom is -0.336 e. The number of aromatic nitrogens is 5. The Balaban J connectivity index is 1.44. The van der Waals surface area contributed by atoms with E-state index in [0.717, 1.165) is 31.4 Å². The van der Waals surface area contributed by atoms with E-state index in [0.29, 0.717) is 23.8 Å². The van der Waals surface area contributed by atoms with Crippen LogP contribution in [-0.2, 0) is 0 Å². The SMILES string of the molecule is CC1CCCN1C(=O)c1ncccc1NC(=O)c1nc(C2CC2)cnc1Nc1cncnc1. The monoisotopic (exact) mass is 444 g/mol. The number of nitrogens with zero attached hydrogens (tertiary/aromatic N) is 6. The molecule has 33 heavy (non-hydrogen) atoms. The molecule has 0 spiro atoms.